The zero-order chi connectivity index (χ0) is 7.56. The molecule has 0 radical (unpaired) electrons. The van der Waals surface area contributed by atoms with Crippen molar-refractivity contribution in [2.45, 2.75) is 0 Å². The maximum absolute atomic E-state index is 10.6. The molecule has 4 heteroatoms. The van der Waals surface area contributed by atoms with Crippen LogP contribution >= 0.6 is 0 Å². The van der Waals surface area contributed by atoms with Crippen LogP contribution in [0.2, 0.25) is 0 Å². The normalized spacial score (nSPS) is 9.20. The van der Waals surface area contributed by atoms with Crippen molar-refractivity contribution in [1.29, 1.82) is 0 Å². The fraction of sp³-hybridized carbons (Fsp3) is 0. The molecule has 0 heterocycles. The van der Waals surface area contributed by atoms with E-state index in [0.29, 0.717) is 10.1 Å². The Morgan fingerprint density at radius 2 is 2.00 bits per heavy atom. The van der Waals surface area contributed by atoms with Gasteiger partial charge in [-0.1, -0.05) is 0 Å². The van der Waals surface area contributed by atoms with Crippen LogP contribution in [0, 0.1) is 0 Å². The van der Waals surface area contributed by atoms with Crippen LogP contribution in [-0.2, 0) is 3.78 Å². The van der Waals surface area contributed by atoms with E-state index in [4.69, 9.17) is 9.87 Å². The molecule has 1 aromatic rings. The van der Waals surface area contributed by atoms with E-state index < -0.39 is 14.6 Å². The molecule has 10 heavy (non-hydrogen) atoms. The van der Waals surface area contributed by atoms with Gasteiger partial charge in [-0.15, -0.1) is 0 Å². The summed E-state index contributed by atoms with van der Waals surface area (Å²) in [5.74, 6) is 0. The number of hydrogen-bond donors (Lipinski definition) is 2. The number of benzene rings is 1. The van der Waals surface area contributed by atoms with Gasteiger partial charge >= 0.3 is 62.6 Å². The molecule has 0 spiro atoms. The summed E-state index contributed by atoms with van der Waals surface area (Å²) < 4.78 is 19.7. The van der Waals surface area contributed by atoms with Crippen LogP contribution < -0.4 is 10.1 Å². The molecular formula is C6H7GeNO2. The first-order valence-electron chi connectivity index (χ1n) is 2.79. The molecule has 52 valence electrons. The zero-order valence-corrected chi connectivity index (χ0v) is 7.34. The SMILES string of the molecule is Nc1cccc[c]1[Ge](=[O])[OH]. The van der Waals surface area contributed by atoms with Crippen LogP contribution in [0.1, 0.15) is 0 Å². The van der Waals surface area contributed by atoms with Crippen molar-refractivity contribution in [3.05, 3.63) is 24.3 Å². The van der Waals surface area contributed by atoms with Gasteiger partial charge in [0.2, 0.25) is 0 Å². The molecule has 0 unspecified atom stereocenters. The minimum absolute atomic E-state index is 0.405. The number of hydrogen-bond acceptors (Lipinski definition) is 2. The zero-order valence-electron chi connectivity index (χ0n) is 5.24. The molecule has 3 nitrogen and oxygen atoms in total. The Bertz CT molecular complexity index is 262. The molecular weight excluding hydrogens is 191 g/mol. The monoisotopic (exact) mass is 199 g/mol. The van der Waals surface area contributed by atoms with E-state index in [9.17, 15) is 3.78 Å². The standard InChI is InChI=1S/C6H7GeNO2/c8-6-4-2-1-3-5(6)7(9)10/h1-4,9H,8H2. The maximum atomic E-state index is 10.6. The molecule has 3 N–H and O–H groups in total. The Morgan fingerprint density at radius 1 is 1.40 bits per heavy atom. The second-order valence-electron chi connectivity index (χ2n) is 1.89. The van der Waals surface area contributed by atoms with Crippen molar-refractivity contribution < 1.29 is 7.91 Å². The quantitative estimate of drug-likeness (QED) is 0.467. The molecule has 0 amide bonds. The second-order valence-corrected chi connectivity index (χ2v) is 4.30. The number of para-hydroxylation sites is 1. The third-order valence-electron chi connectivity index (χ3n) is 1.19. The van der Waals surface area contributed by atoms with Gasteiger partial charge < -0.3 is 0 Å². The summed E-state index contributed by atoms with van der Waals surface area (Å²) in [4.78, 5) is 0. The summed E-state index contributed by atoms with van der Waals surface area (Å²) in [6, 6.07) is 6.64. The van der Waals surface area contributed by atoms with Crippen LogP contribution in [-0.4, -0.2) is 18.8 Å². The van der Waals surface area contributed by atoms with Gasteiger partial charge in [-0.2, -0.15) is 0 Å². The molecule has 0 bridgehead atoms. The fourth-order valence-corrected chi connectivity index (χ4v) is 1.89. The first kappa shape index (κ1) is 7.27. The first-order valence-corrected chi connectivity index (χ1v) is 5.64. The van der Waals surface area contributed by atoms with E-state index in [1.165, 1.54) is 0 Å². The van der Waals surface area contributed by atoms with Crippen LogP contribution in [0.4, 0.5) is 5.69 Å². The Labute approximate surface area is 63.1 Å². The second kappa shape index (κ2) is 2.83. The Hall–Kier alpha value is -0.837. The molecule has 0 aliphatic rings. The average Bonchev–Trinajstić information content (AvgIpc) is 1.88. The topological polar surface area (TPSA) is 63.3 Å². The van der Waals surface area contributed by atoms with Crippen molar-refractivity contribution in [2.24, 2.45) is 0 Å². The average molecular weight is 198 g/mol. The van der Waals surface area contributed by atoms with E-state index in [0.717, 1.165) is 0 Å². The van der Waals surface area contributed by atoms with Gasteiger partial charge in [0.15, 0.2) is 0 Å². The number of anilines is 1. The van der Waals surface area contributed by atoms with Gasteiger partial charge in [0.25, 0.3) is 0 Å². The van der Waals surface area contributed by atoms with E-state index in [2.05, 4.69) is 0 Å². The van der Waals surface area contributed by atoms with Gasteiger partial charge in [-0.25, -0.2) is 0 Å². The molecule has 0 saturated carbocycles. The Kier molecular flexibility index (Phi) is 2.06. The van der Waals surface area contributed by atoms with E-state index >= 15 is 0 Å². The van der Waals surface area contributed by atoms with Gasteiger partial charge in [-0.05, 0) is 0 Å². The van der Waals surface area contributed by atoms with E-state index in [-0.39, 0.29) is 0 Å². The van der Waals surface area contributed by atoms with Crippen LogP contribution in [0.3, 0.4) is 0 Å². The Balaban J connectivity index is 3.15. The summed E-state index contributed by atoms with van der Waals surface area (Å²) in [6.45, 7) is 0. The third-order valence-corrected chi connectivity index (χ3v) is 3.11. The molecule has 0 aromatic heterocycles. The fourth-order valence-electron chi connectivity index (χ4n) is 0.692. The number of nitrogens with two attached hydrogens (primary N) is 1. The van der Waals surface area contributed by atoms with Gasteiger partial charge in [0.05, 0.1) is 0 Å². The number of rotatable bonds is 1. The molecule has 0 aliphatic carbocycles. The van der Waals surface area contributed by atoms with Gasteiger partial charge in [-0.3, -0.25) is 0 Å². The summed E-state index contributed by atoms with van der Waals surface area (Å²) in [5, 5.41) is 0. The van der Waals surface area contributed by atoms with Crippen LogP contribution in [0.5, 0.6) is 0 Å². The Morgan fingerprint density at radius 3 is 2.40 bits per heavy atom. The molecule has 1 aromatic carbocycles. The van der Waals surface area contributed by atoms with Crippen LogP contribution in [0.25, 0.3) is 0 Å². The van der Waals surface area contributed by atoms with Crippen LogP contribution in [0.15, 0.2) is 24.3 Å². The van der Waals surface area contributed by atoms with Crippen molar-refractivity contribution in [3.8, 4) is 0 Å². The summed E-state index contributed by atoms with van der Waals surface area (Å²) in [7, 11) is 0. The number of nitrogen functional groups attached to an aromatic ring is 1. The molecule has 1 rings (SSSR count). The third kappa shape index (κ3) is 1.36. The molecule has 0 atom stereocenters. The minimum atomic E-state index is -3.19. The van der Waals surface area contributed by atoms with Gasteiger partial charge in [0, 0.05) is 0 Å². The molecule has 0 aliphatic heterocycles. The van der Waals surface area contributed by atoms with Crippen molar-refractivity contribution in [2.75, 3.05) is 5.73 Å². The first-order chi connectivity index (χ1) is 4.72. The predicted molar refractivity (Wildman–Crippen MR) is 39.1 cm³/mol. The molecule has 0 saturated heterocycles. The van der Waals surface area contributed by atoms with Crippen molar-refractivity contribution in [1.82, 2.24) is 0 Å². The summed E-state index contributed by atoms with van der Waals surface area (Å²) in [5.41, 5.74) is 5.82. The van der Waals surface area contributed by atoms with E-state index in [1.54, 1.807) is 24.3 Å². The molecule has 0 fully saturated rings. The van der Waals surface area contributed by atoms with Crippen molar-refractivity contribution in [3.63, 3.8) is 0 Å². The van der Waals surface area contributed by atoms with Gasteiger partial charge in [0.1, 0.15) is 0 Å². The van der Waals surface area contributed by atoms with E-state index in [1.807, 2.05) is 0 Å². The predicted octanol–water partition coefficient (Wildman–Crippen LogP) is -0.613. The van der Waals surface area contributed by atoms with Crippen molar-refractivity contribution >= 4 is 24.7 Å². The summed E-state index contributed by atoms with van der Waals surface area (Å²) >= 11 is -3.19. The summed E-state index contributed by atoms with van der Waals surface area (Å²) in [6.07, 6.45) is 0.